The number of fused-ring (bicyclic) bond motifs is 3. The van der Waals surface area contributed by atoms with Gasteiger partial charge in [0.2, 0.25) is 0 Å². The van der Waals surface area contributed by atoms with Crippen LogP contribution in [0.4, 0.5) is 4.79 Å². The fourth-order valence-electron chi connectivity index (χ4n) is 3.80. The second-order valence-corrected chi connectivity index (χ2v) is 8.02. The molecule has 5 heteroatoms. The summed E-state index contributed by atoms with van der Waals surface area (Å²) in [5, 5.41) is 3.99. The molecule has 0 atom stereocenters. The Morgan fingerprint density at radius 2 is 1.53 bits per heavy atom. The molecular formula is C25H21Cl2NO2. The van der Waals surface area contributed by atoms with Crippen LogP contribution in [0.25, 0.3) is 17.2 Å². The number of ether oxygens (including phenoxy) is 1. The molecule has 0 bridgehead atoms. The number of hydrogen-bond donors (Lipinski definition) is 1. The van der Waals surface area contributed by atoms with E-state index in [1.165, 1.54) is 22.3 Å². The van der Waals surface area contributed by atoms with E-state index in [2.05, 4.69) is 29.6 Å². The molecule has 1 amide bonds. The summed E-state index contributed by atoms with van der Waals surface area (Å²) in [7, 11) is 0. The van der Waals surface area contributed by atoms with Crippen LogP contribution >= 0.6 is 23.2 Å². The van der Waals surface area contributed by atoms with Crippen molar-refractivity contribution in [1.82, 2.24) is 5.32 Å². The van der Waals surface area contributed by atoms with Gasteiger partial charge in [0.1, 0.15) is 6.61 Å². The van der Waals surface area contributed by atoms with Crippen molar-refractivity contribution in [3.05, 3.63) is 99.5 Å². The number of hydrogen-bond acceptors (Lipinski definition) is 2. The van der Waals surface area contributed by atoms with Crippen LogP contribution in [-0.4, -0.2) is 19.2 Å². The third-order valence-electron chi connectivity index (χ3n) is 5.12. The number of carbonyl (C=O) groups excluding carboxylic acids is 1. The first-order chi connectivity index (χ1) is 14.6. The molecule has 0 saturated heterocycles. The van der Waals surface area contributed by atoms with Crippen LogP contribution in [-0.2, 0) is 4.74 Å². The maximum absolute atomic E-state index is 12.2. The Morgan fingerprint density at radius 1 is 0.933 bits per heavy atom. The number of carbonyl (C=O) groups is 1. The molecule has 1 aliphatic rings. The topological polar surface area (TPSA) is 38.3 Å². The van der Waals surface area contributed by atoms with Crippen LogP contribution in [0.1, 0.15) is 29.0 Å². The van der Waals surface area contributed by atoms with E-state index in [9.17, 15) is 4.79 Å². The molecule has 0 fully saturated rings. The second-order valence-electron chi connectivity index (χ2n) is 7.15. The fraction of sp³-hybridized carbons (Fsp3) is 0.160. The third kappa shape index (κ3) is 4.69. The number of benzene rings is 3. The van der Waals surface area contributed by atoms with Crippen molar-refractivity contribution < 1.29 is 9.53 Å². The maximum Gasteiger partial charge on any atom is 0.407 e. The highest BCUT2D eigenvalue weighted by Crippen LogP contribution is 2.44. The molecule has 1 N–H and O–H groups in total. The Balaban J connectivity index is 1.28. The molecule has 1 aliphatic carbocycles. The zero-order valence-electron chi connectivity index (χ0n) is 16.3. The van der Waals surface area contributed by atoms with Gasteiger partial charge in [0.25, 0.3) is 0 Å². The summed E-state index contributed by atoms with van der Waals surface area (Å²) in [4.78, 5) is 12.2. The van der Waals surface area contributed by atoms with Crippen LogP contribution in [0.2, 0.25) is 10.0 Å². The van der Waals surface area contributed by atoms with Gasteiger partial charge in [0.05, 0.1) is 0 Å². The highest BCUT2D eigenvalue weighted by molar-refractivity contribution is 6.34. The molecule has 0 aromatic heterocycles. The van der Waals surface area contributed by atoms with Gasteiger partial charge in [0, 0.05) is 22.5 Å². The SMILES string of the molecule is O=C(NCCC=Cc1cc(Cl)cc(Cl)c1)OCC1c2ccccc2-c2ccccc21. The molecule has 0 spiro atoms. The minimum atomic E-state index is -0.406. The Morgan fingerprint density at radius 3 is 2.17 bits per heavy atom. The minimum Gasteiger partial charge on any atom is -0.449 e. The molecule has 30 heavy (non-hydrogen) atoms. The average Bonchev–Trinajstić information content (AvgIpc) is 3.05. The quantitative estimate of drug-likeness (QED) is 0.424. The highest BCUT2D eigenvalue weighted by atomic mass is 35.5. The zero-order valence-corrected chi connectivity index (χ0v) is 17.8. The summed E-state index contributed by atoms with van der Waals surface area (Å²) in [5.74, 6) is 0.0654. The molecule has 0 heterocycles. The summed E-state index contributed by atoms with van der Waals surface area (Å²) in [6.07, 6.45) is 4.16. The standard InChI is InChI=1S/C25H21Cl2NO2/c26-18-13-17(14-19(27)15-18)7-5-6-12-28-25(29)30-16-24-22-10-3-1-8-20(22)21-9-2-4-11-23(21)24/h1-5,7-11,13-15,24H,6,12,16H2,(H,28,29). The number of nitrogens with one attached hydrogen (secondary N) is 1. The lowest BCUT2D eigenvalue weighted by Crippen LogP contribution is -2.26. The second kappa shape index (κ2) is 9.38. The van der Waals surface area contributed by atoms with E-state index in [4.69, 9.17) is 27.9 Å². The van der Waals surface area contributed by atoms with Crippen LogP contribution in [0.5, 0.6) is 0 Å². The van der Waals surface area contributed by atoms with Crippen molar-refractivity contribution in [3.63, 3.8) is 0 Å². The normalized spacial score (nSPS) is 12.6. The van der Waals surface area contributed by atoms with E-state index < -0.39 is 6.09 Å². The van der Waals surface area contributed by atoms with Gasteiger partial charge in [-0.2, -0.15) is 0 Å². The Hall–Kier alpha value is -2.75. The largest absolute Gasteiger partial charge is 0.449 e. The lowest BCUT2D eigenvalue weighted by Gasteiger charge is -2.14. The zero-order chi connectivity index (χ0) is 20.9. The van der Waals surface area contributed by atoms with Gasteiger partial charge in [-0.15, -0.1) is 0 Å². The molecule has 0 unspecified atom stereocenters. The number of halogens is 2. The Kier molecular flexibility index (Phi) is 6.41. The molecule has 0 saturated carbocycles. The van der Waals surface area contributed by atoms with Crippen LogP contribution < -0.4 is 5.32 Å². The summed E-state index contributed by atoms with van der Waals surface area (Å²) >= 11 is 12.0. The molecular weight excluding hydrogens is 417 g/mol. The molecule has 152 valence electrons. The Labute approximate surface area is 186 Å². The number of alkyl carbamates (subject to hydrolysis) is 1. The van der Waals surface area contributed by atoms with E-state index in [1.54, 1.807) is 6.07 Å². The highest BCUT2D eigenvalue weighted by Gasteiger charge is 2.28. The van der Waals surface area contributed by atoms with Crippen molar-refractivity contribution in [2.45, 2.75) is 12.3 Å². The molecule has 3 aromatic carbocycles. The molecule has 4 rings (SSSR count). The predicted octanol–water partition coefficient (Wildman–Crippen LogP) is 6.94. The first kappa shape index (κ1) is 20.5. The van der Waals surface area contributed by atoms with Gasteiger partial charge >= 0.3 is 6.09 Å². The molecule has 3 nitrogen and oxygen atoms in total. The monoisotopic (exact) mass is 437 g/mol. The lowest BCUT2D eigenvalue weighted by molar-refractivity contribution is 0.143. The minimum absolute atomic E-state index is 0.0654. The summed E-state index contributed by atoms with van der Waals surface area (Å²) in [6, 6.07) is 21.9. The first-order valence-electron chi connectivity index (χ1n) is 9.83. The van der Waals surface area contributed by atoms with Crippen molar-refractivity contribution in [1.29, 1.82) is 0 Å². The van der Waals surface area contributed by atoms with E-state index in [1.807, 2.05) is 48.6 Å². The van der Waals surface area contributed by atoms with E-state index in [0.717, 1.165) is 5.56 Å². The van der Waals surface area contributed by atoms with Crippen molar-refractivity contribution in [2.24, 2.45) is 0 Å². The average molecular weight is 438 g/mol. The van der Waals surface area contributed by atoms with Gasteiger partial charge in [0.15, 0.2) is 0 Å². The van der Waals surface area contributed by atoms with E-state index >= 15 is 0 Å². The maximum atomic E-state index is 12.2. The molecule has 3 aromatic rings. The number of amides is 1. The summed E-state index contributed by atoms with van der Waals surface area (Å²) < 4.78 is 5.53. The Bertz CT molecular complexity index is 1030. The smallest absolute Gasteiger partial charge is 0.407 e. The predicted molar refractivity (Wildman–Crippen MR) is 123 cm³/mol. The van der Waals surface area contributed by atoms with Crippen LogP contribution in [0, 0.1) is 0 Å². The summed E-state index contributed by atoms with van der Waals surface area (Å²) in [5.41, 5.74) is 5.76. The van der Waals surface area contributed by atoms with Gasteiger partial charge in [-0.05, 0) is 52.4 Å². The van der Waals surface area contributed by atoms with E-state index in [-0.39, 0.29) is 5.92 Å². The lowest BCUT2D eigenvalue weighted by atomic mass is 9.98. The third-order valence-corrected chi connectivity index (χ3v) is 5.56. The van der Waals surface area contributed by atoms with Crippen molar-refractivity contribution in [3.8, 4) is 11.1 Å². The van der Waals surface area contributed by atoms with Gasteiger partial charge in [-0.1, -0.05) is 83.9 Å². The first-order valence-corrected chi connectivity index (χ1v) is 10.6. The van der Waals surface area contributed by atoms with Gasteiger partial charge in [-0.25, -0.2) is 4.79 Å². The van der Waals surface area contributed by atoms with Crippen molar-refractivity contribution >= 4 is 35.4 Å². The van der Waals surface area contributed by atoms with Crippen LogP contribution in [0.3, 0.4) is 0 Å². The van der Waals surface area contributed by atoms with Crippen molar-refractivity contribution in [2.75, 3.05) is 13.2 Å². The van der Waals surface area contributed by atoms with Gasteiger partial charge < -0.3 is 10.1 Å². The van der Waals surface area contributed by atoms with Gasteiger partial charge in [-0.3, -0.25) is 0 Å². The number of rotatable bonds is 6. The fourth-order valence-corrected chi connectivity index (χ4v) is 4.34. The van der Waals surface area contributed by atoms with Crippen LogP contribution in [0.15, 0.2) is 72.8 Å². The molecule has 0 radical (unpaired) electrons. The van der Waals surface area contributed by atoms with E-state index in [0.29, 0.717) is 29.6 Å². The summed E-state index contributed by atoms with van der Waals surface area (Å²) in [6.45, 7) is 0.804. The molecule has 0 aliphatic heterocycles.